The van der Waals surface area contributed by atoms with E-state index < -0.39 is 0 Å². The second-order valence-corrected chi connectivity index (χ2v) is 6.94. The number of hydrogen-bond donors (Lipinski definition) is 1. The Morgan fingerprint density at radius 3 is 2.43 bits per heavy atom. The number of nitrogens with one attached hydrogen (secondary N) is 1. The van der Waals surface area contributed by atoms with Gasteiger partial charge in [-0.1, -0.05) is 20.8 Å². The number of rotatable bonds is 5. The molecule has 2 rings (SSSR count). The molecule has 1 heterocycles. The van der Waals surface area contributed by atoms with Crippen LogP contribution < -0.4 is 14.8 Å². The Morgan fingerprint density at radius 1 is 1.13 bits per heavy atom. The molecular weight excluding hydrogens is 294 g/mol. The first-order chi connectivity index (χ1) is 10.8. The van der Waals surface area contributed by atoms with Crippen LogP contribution in [-0.2, 0) is 4.79 Å². The summed E-state index contributed by atoms with van der Waals surface area (Å²) in [5.41, 5.74) is 0.543. The van der Waals surface area contributed by atoms with E-state index in [0.29, 0.717) is 30.3 Å². The zero-order valence-electron chi connectivity index (χ0n) is 14.3. The normalized spacial score (nSPS) is 15.0. The van der Waals surface area contributed by atoms with Gasteiger partial charge in [0, 0.05) is 24.4 Å². The number of carbonyl (C=O) groups is 2. The summed E-state index contributed by atoms with van der Waals surface area (Å²) < 4.78 is 10.9. The van der Waals surface area contributed by atoms with Gasteiger partial charge >= 0.3 is 0 Å². The van der Waals surface area contributed by atoms with Crippen molar-refractivity contribution < 1.29 is 19.1 Å². The summed E-state index contributed by atoms with van der Waals surface area (Å²) in [4.78, 5) is 24.2. The first-order valence-corrected chi connectivity index (χ1v) is 7.99. The molecule has 0 fully saturated rings. The van der Waals surface area contributed by atoms with Crippen LogP contribution in [0.5, 0.6) is 11.5 Å². The van der Waals surface area contributed by atoms with Crippen molar-refractivity contribution in [2.75, 3.05) is 13.2 Å². The highest BCUT2D eigenvalue weighted by Crippen LogP contribution is 2.31. The molecule has 1 aromatic carbocycles. The lowest BCUT2D eigenvalue weighted by atomic mass is 9.88. The van der Waals surface area contributed by atoms with Gasteiger partial charge in [-0.2, -0.15) is 0 Å². The molecule has 0 bridgehead atoms. The average Bonchev–Trinajstić information content (AvgIpc) is 2.51. The first kappa shape index (κ1) is 17.3. The lowest BCUT2D eigenvalue weighted by Crippen LogP contribution is -2.41. The van der Waals surface area contributed by atoms with Gasteiger partial charge in [0.25, 0.3) is 0 Å². The van der Waals surface area contributed by atoms with Gasteiger partial charge in [-0.3, -0.25) is 9.59 Å². The predicted molar refractivity (Wildman–Crippen MR) is 88.1 cm³/mol. The van der Waals surface area contributed by atoms with E-state index in [1.54, 1.807) is 18.2 Å². The molecule has 1 aliphatic rings. The van der Waals surface area contributed by atoms with Crippen molar-refractivity contribution in [2.24, 2.45) is 5.41 Å². The van der Waals surface area contributed by atoms with Crippen LogP contribution in [0, 0.1) is 5.41 Å². The van der Waals surface area contributed by atoms with Gasteiger partial charge in [0.1, 0.15) is 13.2 Å². The zero-order valence-corrected chi connectivity index (χ0v) is 14.3. The van der Waals surface area contributed by atoms with Gasteiger partial charge < -0.3 is 14.8 Å². The third-order valence-corrected chi connectivity index (χ3v) is 4.12. The maximum absolute atomic E-state index is 12.2. The second-order valence-electron chi connectivity index (χ2n) is 6.94. The lowest BCUT2D eigenvalue weighted by molar-refractivity contribution is -0.122. The van der Waals surface area contributed by atoms with E-state index >= 15 is 0 Å². The molecule has 1 unspecified atom stereocenters. The van der Waals surface area contributed by atoms with E-state index in [1.807, 2.05) is 6.92 Å². The molecule has 1 aliphatic heterocycles. The van der Waals surface area contributed by atoms with Crippen LogP contribution in [0.25, 0.3) is 0 Å². The number of benzene rings is 1. The van der Waals surface area contributed by atoms with Gasteiger partial charge in [-0.05, 0) is 30.5 Å². The molecule has 23 heavy (non-hydrogen) atoms. The molecular formula is C18H25NO4. The van der Waals surface area contributed by atoms with E-state index in [9.17, 15) is 9.59 Å². The van der Waals surface area contributed by atoms with Crippen LogP contribution in [0.1, 0.15) is 50.9 Å². The number of Topliss-reactive ketones (excluding diaryl/α,β-unsaturated/α-hetero) is 1. The number of ether oxygens (including phenoxy) is 2. The summed E-state index contributed by atoms with van der Waals surface area (Å²) in [5.74, 6) is 1.08. The lowest BCUT2D eigenvalue weighted by Gasteiger charge is -2.28. The maximum atomic E-state index is 12.2. The quantitative estimate of drug-likeness (QED) is 0.848. The summed E-state index contributed by atoms with van der Waals surface area (Å²) in [6.07, 6.45) is 0.371. The number of hydrogen-bond acceptors (Lipinski definition) is 4. The fourth-order valence-electron chi connectivity index (χ4n) is 2.12. The van der Waals surface area contributed by atoms with Crippen molar-refractivity contribution in [2.45, 2.75) is 46.6 Å². The number of amides is 1. The van der Waals surface area contributed by atoms with Crippen molar-refractivity contribution in [3.63, 3.8) is 0 Å². The first-order valence-electron chi connectivity index (χ1n) is 7.99. The number of ketones is 1. The standard InChI is InChI=1S/C18H25NO4/c1-12(18(2,3)4)19-17(21)8-6-14(20)13-5-7-15-16(11-13)23-10-9-22-15/h5,7,11-12H,6,8-10H2,1-4H3,(H,19,21). The summed E-state index contributed by atoms with van der Waals surface area (Å²) in [6.45, 7) is 9.18. The zero-order chi connectivity index (χ0) is 17.0. The molecule has 5 heteroatoms. The molecule has 126 valence electrons. The van der Waals surface area contributed by atoms with E-state index in [4.69, 9.17) is 9.47 Å². The Morgan fingerprint density at radius 2 is 1.78 bits per heavy atom. The van der Waals surface area contributed by atoms with E-state index in [-0.39, 0.29) is 36.0 Å². The third kappa shape index (κ3) is 4.71. The maximum Gasteiger partial charge on any atom is 0.220 e. The molecule has 0 aromatic heterocycles. The summed E-state index contributed by atoms with van der Waals surface area (Å²) in [6, 6.07) is 5.20. The SMILES string of the molecule is CC(NC(=O)CCC(=O)c1ccc2c(c1)OCCO2)C(C)(C)C. The molecule has 1 amide bonds. The van der Waals surface area contributed by atoms with Crippen LogP contribution in [-0.4, -0.2) is 30.9 Å². The van der Waals surface area contributed by atoms with Crippen LogP contribution in [0.2, 0.25) is 0 Å². The molecule has 0 saturated carbocycles. The van der Waals surface area contributed by atoms with Crippen LogP contribution in [0.15, 0.2) is 18.2 Å². The molecule has 0 aliphatic carbocycles. The number of fused-ring (bicyclic) bond motifs is 1. The van der Waals surface area contributed by atoms with Crippen molar-refractivity contribution in [3.8, 4) is 11.5 Å². The fraction of sp³-hybridized carbons (Fsp3) is 0.556. The minimum atomic E-state index is -0.0988. The van der Waals surface area contributed by atoms with Crippen molar-refractivity contribution in [3.05, 3.63) is 23.8 Å². The Labute approximate surface area is 137 Å². The molecule has 0 spiro atoms. The fourth-order valence-corrected chi connectivity index (χ4v) is 2.12. The summed E-state index contributed by atoms with van der Waals surface area (Å²) in [7, 11) is 0. The highest BCUT2D eigenvalue weighted by atomic mass is 16.6. The van der Waals surface area contributed by atoms with Gasteiger partial charge in [-0.15, -0.1) is 0 Å². The summed E-state index contributed by atoms with van der Waals surface area (Å²) in [5, 5.41) is 2.94. The van der Waals surface area contributed by atoms with Crippen LogP contribution in [0.3, 0.4) is 0 Å². The number of carbonyl (C=O) groups excluding carboxylic acids is 2. The van der Waals surface area contributed by atoms with Gasteiger partial charge in [0.2, 0.25) is 5.91 Å². The second kappa shape index (κ2) is 7.02. The Bertz CT molecular complexity index is 589. The molecule has 1 atom stereocenters. The highest BCUT2D eigenvalue weighted by molar-refractivity contribution is 5.98. The smallest absolute Gasteiger partial charge is 0.220 e. The van der Waals surface area contributed by atoms with Crippen molar-refractivity contribution >= 4 is 11.7 Å². The van der Waals surface area contributed by atoms with Crippen LogP contribution in [0.4, 0.5) is 0 Å². The predicted octanol–water partition coefficient (Wildman–Crippen LogP) is 2.97. The Kier molecular flexibility index (Phi) is 5.29. The summed E-state index contributed by atoms with van der Waals surface area (Å²) >= 11 is 0. The van der Waals surface area contributed by atoms with Crippen molar-refractivity contribution in [1.82, 2.24) is 5.32 Å². The molecule has 1 aromatic rings. The minimum Gasteiger partial charge on any atom is -0.486 e. The Balaban J connectivity index is 1.88. The molecule has 1 N–H and O–H groups in total. The van der Waals surface area contributed by atoms with Gasteiger partial charge in [0.05, 0.1) is 0 Å². The topological polar surface area (TPSA) is 64.6 Å². The van der Waals surface area contributed by atoms with Crippen molar-refractivity contribution in [1.29, 1.82) is 0 Å². The monoisotopic (exact) mass is 319 g/mol. The molecule has 0 saturated heterocycles. The van der Waals surface area contributed by atoms with E-state index in [0.717, 1.165) is 0 Å². The van der Waals surface area contributed by atoms with E-state index in [1.165, 1.54) is 0 Å². The minimum absolute atomic E-state index is 0.00446. The average molecular weight is 319 g/mol. The highest BCUT2D eigenvalue weighted by Gasteiger charge is 2.22. The molecule has 5 nitrogen and oxygen atoms in total. The van der Waals surface area contributed by atoms with Gasteiger partial charge in [-0.25, -0.2) is 0 Å². The molecule has 0 radical (unpaired) electrons. The third-order valence-electron chi connectivity index (χ3n) is 4.12. The van der Waals surface area contributed by atoms with Crippen LogP contribution >= 0.6 is 0 Å². The largest absolute Gasteiger partial charge is 0.486 e. The Hall–Kier alpha value is -2.04. The van der Waals surface area contributed by atoms with Gasteiger partial charge in [0.15, 0.2) is 17.3 Å². The van der Waals surface area contributed by atoms with E-state index in [2.05, 4.69) is 26.1 Å².